The maximum Gasteiger partial charge on any atom is 0.260 e. The van der Waals surface area contributed by atoms with E-state index in [1.54, 1.807) is 25.3 Å². The van der Waals surface area contributed by atoms with Crippen molar-refractivity contribution in [1.82, 2.24) is 9.97 Å². The van der Waals surface area contributed by atoms with E-state index in [9.17, 15) is 9.90 Å². The summed E-state index contributed by atoms with van der Waals surface area (Å²) in [5.74, 6) is 2.22. The Bertz CT molecular complexity index is 1300. The van der Waals surface area contributed by atoms with Gasteiger partial charge >= 0.3 is 0 Å². The number of nitrogens with zero attached hydrogens (tertiary/aromatic N) is 5. The van der Waals surface area contributed by atoms with E-state index in [0.717, 1.165) is 73.1 Å². The fourth-order valence-corrected chi connectivity index (χ4v) is 5.42. The predicted molar refractivity (Wildman–Crippen MR) is 135 cm³/mol. The summed E-state index contributed by atoms with van der Waals surface area (Å²) in [4.78, 5) is 28.9. The highest BCUT2D eigenvalue weighted by Gasteiger charge is 2.35. The number of hydrogen-bond donors (Lipinski definition) is 1. The van der Waals surface area contributed by atoms with E-state index < -0.39 is 0 Å². The van der Waals surface area contributed by atoms with E-state index in [-0.39, 0.29) is 12.0 Å². The van der Waals surface area contributed by atoms with Crippen LogP contribution in [0.2, 0.25) is 0 Å². The number of amides is 1. The number of rotatable bonds is 4. The molecule has 0 atom stereocenters. The van der Waals surface area contributed by atoms with E-state index >= 15 is 0 Å². The van der Waals surface area contributed by atoms with Gasteiger partial charge in [-0.1, -0.05) is 18.2 Å². The van der Waals surface area contributed by atoms with Crippen molar-refractivity contribution in [3.05, 3.63) is 65.1 Å². The zero-order valence-corrected chi connectivity index (χ0v) is 20.1. The quantitative estimate of drug-likeness (QED) is 0.625. The lowest BCUT2D eigenvalue weighted by atomic mass is 10.1. The maximum atomic E-state index is 13.2. The number of fused-ring (bicyclic) bond motifs is 2. The summed E-state index contributed by atoms with van der Waals surface area (Å²) in [6, 6.07) is 12.2. The third kappa shape index (κ3) is 3.69. The van der Waals surface area contributed by atoms with Gasteiger partial charge in [0.1, 0.15) is 17.3 Å². The van der Waals surface area contributed by atoms with Gasteiger partial charge in [-0.05, 0) is 37.0 Å². The van der Waals surface area contributed by atoms with Gasteiger partial charge < -0.3 is 24.5 Å². The van der Waals surface area contributed by atoms with Crippen LogP contribution in [0.5, 0.6) is 5.75 Å². The Kier molecular flexibility index (Phi) is 5.33. The summed E-state index contributed by atoms with van der Waals surface area (Å²) >= 11 is 0. The Balaban J connectivity index is 1.33. The Labute approximate surface area is 204 Å². The lowest BCUT2D eigenvalue weighted by Crippen LogP contribution is -2.35. The molecule has 2 aromatic carbocycles. The zero-order valence-electron chi connectivity index (χ0n) is 20.1. The van der Waals surface area contributed by atoms with E-state index in [2.05, 4.69) is 39.0 Å². The predicted octanol–water partition coefficient (Wildman–Crippen LogP) is 3.32. The number of aromatic nitrogens is 2. The van der Waals surface area contributed by atoms with Crippen LogP contribution < -0.4 is 19.4 Å². The minimum Gasteiger partial charge on any atom is -0.496 e. The number of methoxy groups -OCH3 is 1. The molecular weight excluding hydrogens is 442 g/mol. The molecular formula is C27H29N5O3. The highest BCUT2D eigenvalue weighted by molar-refractivity contribution is 6.14. The number of hydrogen-bond acceptors (Lipinski definition) is 7. The number of aliphatic hydroxyl groups is 1. The molecule has 1 amide bonds. The number of carbonyl (C=O) groups is 1. The molecule has 35 heavy (non-hydrogen) atoms. The highest BCUT2D eigenvalue weighted by atomic mass is 16.5. The largest absolute Gasteiger partial charge is 0.496 e. The molecule has 0 radical (unpaired) electrons. The molecule has 6 rings (SSSR count). The average Bonchev–Trinajstić information content (AvgIpc) is 3.29. The zero-order chi connectivity index (χ0) is 24.1. The first-order chi connectivity index (χ1) is 17.0. The third-order valence-electron chi connectivity index (χ3n) is 7.40. The average molecular weight is 472 g/mol. The molecule has 0 saturated carbocycles. The van der Waals surface area contributed by atoms with Crippen molar-refractivity contribution < 1.29 is 14.6 Å². The van der Waals surface area contributed by atoms with E-state index in [4.69, 9.17) is 9.72 Å². The number of aliphatic hydroxyl groups excluding tert-OH is 1. The summed E-state index contributed by atoms with van der Waals surface area (Å²) < 4.78 is 5.74. The lowest BCUT2D eigenvalue weighted by Gasteiger charge is -2.31. The lowest BCUT2D eigenvalue weighted by molar-refractivity contribution is 0.0994. The summed E-state index contributed by atoms with van der Waals surface area (Å²) in [7, 11) is 3.47. The molecule has 1 saturated heterocycles. The van der Waals surface area contributed by atoms with Crippen LogP contribution in [0.25, 0.3) is 0 Å². The second-order valence-electron chi connectivity index (χ2n) is 9.47. The molecule has 3 aromatic rings. The molecule has 3 aliphatic rings. The molecule has 4 heterocycles. The van der Waals surface area contributed by atoms with E-state index in [1.165, 1.54) is 5.56 Å². The SMILES string of the molecule is COc1cc(N2CCC(O)CC2)ccc1Cc1ncc2c(n1)N1CCc3cccc(c31)C(=O)N2C. The number of ether oxygens (including phenoxy) is 1. The molecule has 0 unspecified atom stereocenters. The third-order valence-corrected chi connectivity index (χ3v) is 7.40. The number of anilines is 4. The Morgan fingerprint density at radius 1 is 1.14 bits per heavy atom. The molecule has 0 spiro atoms. The molecule has 8 nitrogen and oxygen atoms in total. The number of piperidine rings is 1. The van der Waals surface area contributed by atoms with Crippen molar-refractivity contribution in [2.75, 3.05) is 48.5 Å². The minimum absolute atomic E-state index is 0.0358. The van der Waals surface area contributed by atoms with Gasteiger partial charge in [0.25, 0.3) is 5.91 Å². The smallest absolute Gasteiger partial charge is 0.260 e. The van der Waals surface area contributed by atoms with Crippen LogP contribution in [0.3, 0.4) is 0 Å². The van der Waals surface area contributed by atoms with Crippen molar-refractivity contribution in [2.45, 2.75) is 31.8 Å². The van der Waals surface area contributed by atoms with Crippen molar-refractivity contribution >= 4 is 28.8 Å². The minimum atomic E-state index is -0.203. The van der Waals surface area contributed by atoms with E-state index in [1.807, 2.05) is 12.1 Å². The van der Waals surface area contributed by atoms with Gasteiger partial charge in [0, 0.05) is 50.4 Å². The van der Waals surface area contributed by atoms with Crippen LogP contribution in [0.4, 0.5) is 22.9 Å². The first-order valence-electron chi connectivity index (χ1n) is 12.2. The first-order valence-corrected chi connectivity index (χ1v) is 12.2. The first kappa shape index (κ1) is 21.9. The van der Waals surface area contributed by atoms with E-state index in [0.29, 0.717) is 17.8 Å². The molecule has 8 heteroatoms. The van der Waals surface area contributed by atoms with Crippen molar-refractivity contribution in [3.63, 3.8) is 0 Å². The summed E-state index contributed by atoms with van der Waals surface area (Å²) in [5.41, 5.74) is 5.69. The monoisotopic (exact) mass is 471 g/mol. The van der Waals surface area contributed by atoms with Gasteiger partial charge in [0.2, 0.25) is 0 Å². The summed E-state index contributed by atoms with van der Waals surface area (Å²) in [6.45, 7) is 2.46. The van der Waals surface area contributed by atoms with Crippen molar-refractivity contribution in [3.8, 4) is 5.75 Å². The molecule has 0 bridgehead atoms. The molecule has 180 valence electrons. The fraction of sp³-hybridized carbons (Fsp3) is 0.370. The van der Waals surface area contributed by atoms with Crippen LogP contribution in [0.1, 0.15) is 40.2 Å². The normalized spacial score (nSPS) is 17.3. The van der Waals surface area contributed by atoms with Gasteiger partial charge in [-0.15, -0.1) is 0 Å². The van der Waals surface area contributed by atoms with Crippen LogP contribution >= 0.6 is 0 Å². The number of para-hydroxylation sites is 1. The molecule has 1 aromatic heterocycles. The summed E-state index contributed by atoms with van der Waals surface area (Å²) in [5, 5.41) is 9.82. The van der Waals surface area contributed by atoms with Crippen LogP contribution in [0, 0.1) is 0 Å². The fourth-order valence-electron chi connectivity index (χ4n) is 5.42. The molecule has 1 fully saturated rings. The number of carbonyl (C=O) groups excluding carboxylic acids is 1. The Morgan fingerprint density at radius 3 is 2.77 bits per heavy atom. The molecule has 1 N–H and O–H groups in total. The van der Waals surface area contributed by atoms with Gasteiger partial charge in [-0.2, -0.15) is 0 Å². The van der Waals surface area contributed by atoms with Crippen LogP contribution in [-0.2, 0) is 12.8 Å². The van der Waals surface area contributed by atoms with Crippen LogP contribution in [-0.4, -0.2) is 60.9 Å². The van der Waals surface area contributed by atoms with Gasteiger partial charge in [-0.3, -0.25) is 4.79 Å². The topological polar surface area (TPSA) is 82.0 Å². The molecule has 0 aliphatic carbocycles. The summed E-state index contributed by atoms with van der Waals surface area (Å²) in [6.07, 6.45) is 4.54. The standard InChI is InChI=1S/C27H29N5O3/c1-30-22-16-28-24(29-26(22)32-13-8-17-4-3-5-21(25(17)32)27(30)34)14-18-6-7-19(15-23(18)35-2)31-11-9-20(33)10-12-31/h3-7,15-16,20,33H,8-14H2,1-2H3. The van der Waals surface area contributed by atoms with Gasteiger partial charge in [-0.25, -0.2) is 9.97 Å². The second-order valence-corrected chi connectivity index (χ2v) is 9.47. The van der Waals surface area contributed by atoms with Gasteiger partial charge in [0.15, 0.2) is 5.82 Å². The Morgan fingerprint density at radius 2 is 1.97 bits per heavy atom. The number of benzene rings is 2. The van der Waals surface area contributed by atoms with Crippen LogP contribution in [0.15, 0.2) is 42.6 Å². The van der Waals surface area contributed by atoms with Gasteiger partial charge in [0.05, 0.1) is 30.7 Å². The molecule has 3 aliphatic heterocycles. The van der Waals surface area contributed by atoms with Crippen molar-refractivity contribution in [2.24, 2.45) is 0 Å². The maximum absolute atomic E-state index is 13.2. The highest BCUT2D eigenvalue weighted by Crippen LogP contribution is 2.43. The Hall–Kier alpha value is -3.65. The second kappa shape index (κ2) is 8.53. The van der Waals surface area contributed by atoms with Crippen molar-refractivity contribution in [1.29, 1.82) is 0 Å².